The monoisotopic (exact) mass is 346 g/mol. The molecular formula is C15H18N6O4. The zero-order chi connectivity index (χ0) is 17.8. The number of carbonyl (C=O) groups is 1. The van der Waals surface area contributed by atoms with Gasteiger partial charge < -0.3 is 10.1 Å². The Balaban J connectivity index is 1.83. The van der Waals surface area contributed by atoms with Crippen LogP contribution in [-0.4, -0.2) is 49.6 Å². The Morgan fingerprint density at radius 3 is 2.92 bits per heavy atom. The van der Waals surface area contributed by atoms with Crippen LogP contribution in [0, 0.1) is 10.1 Å². The maximum absolute atomic E-state index is 12.6. The number of rotatable bonds is 6. The first kappa shape index (κ1) is 16.8. The fourth-order valence-electron chi connectivity index (χ4n) is 2.55. The minimum absolute atomic E-state index is 0.00412. The fourth-order valence-corrected chi connectivity index (χ4v) is 2.55. The van der Waals surface area contributed by atoms with Gasteiger partial charge in [-0.15, -0.1) is 0 Å². The average Bonchev–Trinajstić information content (AvgIpc) is 3.32. The fraction of sp³-hybridized carbons (Fsp3) is 0.400. The van der Waals surface area contributed by atoms with E-state index in [0.717, 1.165) is 19.0 Å². The summed E-state index contributed by atoms with van der Waals surface area (Å²) in [5.41, 5.74) is 0.658. The van der Waals surface area contributed by atoms with Crippen molar-refractivity contribution in [2.75, 3.05) is 13.2 Å². The summed E-state index contributed by atoms with van der Waals surface area (Å²) in [4.78, 5) is 22.9. The maximum Gasteiger partial charge on any atom is 0.307 e. The second-order valence-corrected chi connectivity index (χ2v) is 5.72. The number of aryl methyl sites for hydroxylation is 1. The van der Waals surface area contributed by atoms with E-state index in [1.165, 1.54) is 10.9 Å². The molecule has 10 nitrogen and oxygen atoms in total. The number of nitrogens with one attached hydrogen (secondary N) is 1. The van der Waals surface area contributed by atoms with Crippen molar-refractivity contribution in [1.82, 2.24) is 24.9 Å². The predicted octanol–water partition coefficient (Wildman–Crippen LogP) is 0.818. The Morgan fingerprint density at radius 2 is 2.32 bits per heavy atom. The van der Waals surface area contributed by atoms with E-state index in [4.69, 9.17) is 4.74 Å². The standard InChI is InChI=1S/C15H18N6O4/c1-19-9-11(6-17-19)5-14(20-10-12(7-18-20)21(23)24)15(22)16-8-13-3-2-4-25-13/h5-7,9-10,13H,2-4,8H2,1H3,(H,16,22)/b14-5-/t13-/m0/s1. The Bertz CT molecular complexity index is 803. The summed E-state index contributed by atoms with van der Waals surface area (Å²) in [6.07, 6.45) is 9.07. The zero-order valence-electron chi connectivity index (χ0n) is 13.7. The van der Waals surface area contributed by atoms with E-state index in [1.54, 1.807) is 30.2 Å². The van der Waals surface area contributed by atoms with Crippen molar-refractivity contribution < 1.29 is 14.5 Å². The van der Waals surface area contributed by atoms with Crippen LogP contribution >= 0.6 is 0 Å². The first-order valence-corrected chi connectivity index (χ1v) is 7.82. The van der Waals surface area contributed by atoms with Crippen LogP contribution in [0.3, 0.4) is 0 Å². The van der Waals surface area contributed by atoms with E-state index >= 15 is 0 Å². The van der Waals surface area contributed by atoms with Gasteiger partial charge in [0.25, 0.3) is 5.91 Å². The topological polar surface area (TPSA) is 117 Å². The molecule has 0 aromatic carbocycles. The highest BCUT2D eigenvalue weighted by Gasteiger charge is 2.20. The number of hydrogen-bond acceptors (Lipinski definition) is 6. The van der Waals surface area contributed by atoms with Crippen molar-refractivity contribution >= 4 is 23.4 Å². The van der Waals surface area contributed by atoms with Gasteiger partial charge in [-0.1, -0.05) is 0 Å². The molecule has 1 amide bonds. The largest absolute Gasteiger partial charge is 0.376 e. The average molecular weight is 346 g/mol. The lowest BCUT2D eigenvalue weighted by Crippen LogP contribution is -2.33. The van der Waals surface area contributed by atoms with Crippen LogP contribution in [-0.2, 0) is 16.6 Å². The second kappa shape index (κ2) is 7.26. The smallest absolute Gasteiger partial charge is 0.307 e. The van der Waals surface area contributed by atoms with Gasteiger partial charge in [0.15, 0.2) is 0 Å². The molecule has 1 atom stereocenters. The van der Waals surface area contributed by atoms with Crippen molar-refractivity contribution in [3.8, 4) is 0 Å². The predicted molar refractivity (Wildman–Crippen MR) is 88.2 cm³/mol. The van der Waals surface area contributed by atoms with E-state index in [1.807, 2.05) is 0 Å². The van der Waals surface area contributed by atoms with Gasteiger partial charge in [-0.2, -0.15) is 10.2 Å². The van der Waals surface area contributed by atoms with Gasteiger partial charge in [0, 0.05) is 32.0 Å². The van der Waals surface area contributed by atoms with Crippen LogP contribution < -0.4 is 5.32 Å². The lowest BCUT2D eigenvalue weighted by atomic mass is 10.2. The van der Waals surface area contributed by atoms with Crippen LogP contribution in [0.25, 0.3) is 11.8 Å². The SMILES string of the molecule is Cn1cc(/C=C(/C(=O)NC[C@@H]2CCCO2)n2cc([N+](=O)[O-])cn2)cn1. The molecule has 1 saturated heterocycles. The van der Waals surface area contributed by atoms with Gasteiger partial charge in [0.05, 0.1) is 17.2 Å². The lowest BCUT2D eigenvalue weighted by molar-refractivity contribution is -0.384. The number of nitro groups is 1. The van der Waals surface area contributed by atoms with Gasteiger partial charge in [0.2, 0.25) is 0 Å². The first-order chi connectivity index (χ1) is 12.0. The van der Waals surface area contributed by atoms with Crippen molar-refractivity contribution in [1.29, 1.82) is 0 Å². The molecule has 0 spiro atoms. The summed E-state index contributed by atoms with van der Waals surface area (Å²) in [5, 5.41) is 21.6. The molecule has 0 bridgehead atoms. The number of amides is 1. The van der Waals surface area contributed by atoms with Crippen LogP contribution in [0.2, 0.25) is 0 Å². The second-order valence-electron chi connectivity index (χ2n) is 5.72. The van der Waals surface area contributed by atoms with E-state index in [0.29, 0.717) is 18.7 Å². The Morgan fingerprint density at radius 1 is 1.48 bits per heavy atom. The number of nitrogens with zero attached hydrogens (tertiary/aromatic N) is 5. The molecular weight excluding hydrogens is 328 g/mol. The van der Waals surface area contributed by atoms with Crippen molar-refractivity contribution in [2.45, 2.75) is 18.9 Å². The molecule has 1 N–H and O–H groups in total. The minimum atomic E-state index is -0.560. The highest BCUT2D eigenvalue weighted by atomic mass is 16.6. The molecule has 3 heterocycles. The third-order valence-corrected chi connectivity index (χ3v) is 3.80. The Kier molecular flexibility index (Phi) is 4.89. The lowest BCUT2D eigenvalue weighted by Gasteiger charge is -2.12. The quantitative estimate of drug-likeness (QED) is 0.470. The highest BCUT2D eigenvalue weighted by Crippen LogP contribution is 2.16. The Hall–Kier alpha value is -3.01. The van der Waals surface area contributed by atoms with E-state index in [9.17, 15) is 14.9 Å². The molecule has 10 heteroatoms. The van der Waals surface area contributed by atoms with Crippen LogP contribution in [0.15, 0.2) is 24.8 Å². The molecule has 0 unspecified atom stereocenters. The number of ether oxygens (including phenoxy) is 1. The molecule has 132 valence electrons. The molecule has 2 aromatic heterocycles. The summed E-state index contributed by atoms with van der Waals surface area (Å²) < 4.78 is 8.27. The zero-order valence-corrected chi connectivity index (χ0v) is 13.7. The van der Waals surface area contributed by atoms with Gasteiger partial charge in [-0.25, -0.2) is 4.68 Å². The van der Waals surface area contributed by atoms with E-state index in [2.05, 4.69) is 15.5 Å². The number of carbonyl (C=O) groups excluding carboxylic acids is 1. The molecule has 25 heavy (non-hydrogen) atoms. The summed E-state index contributed by atoms with van der Waals surface area (Å²) in [6, 6.07) is 0. The Labute approximate surface area is 143 Å². The minimum Gasteiger partial charge on any atom is -0.376 e. The van der Waals surface area contributed by atoms with Gasteiger partial charge in [-0.3, -0.25) is 19.6 Å². The third kappa shape index (κ3) is 4.10. The molecule has 0 aliphatic carbocycles. The summed E-state index contributed by atoms with van der Waals surface area (Å²) in [7, 11) is 1.76. The van der Waals surface area contributed by atoms with Crippen LogP contribution in [0.4, 0.5) is 5.69 Å². The molecule has 3 rings (SSSR count). The first-order valence-electron chi connectivity index (χ1n) is 7.82. The number of aromatic nitrogens is 4. The molecule has 2 aromatic rings. The molecule has 1 aliphatic heterocycles. The van der Waals surface area contributed by atoms with E-state index < -0.39 is 10.8 Å². The normalized spacial score (nSPS) is 17.6. The van der Waals surface area contributed by atoms with Crippen LogP contribution in [0.1, 0.15) is 18.4 Å². The molecule has 1 fully saturated rings. The van der Waals surface area contributed by atoms with Crippen LogP contribution in [0.5, 0.6) is 0 Å². The van der Waals surface area contributed by atoms with Crippen molar-refractivity contribution in [2.24, 2.45) is 7.05 Å². The summed E-state index contributed by atoms with van der Waals surface area (Å²) >= 11 is 0. The van der Waals surface area contributed by atoms with Crippen molar-refractivity contribution in [3.63, 3.8) is 0 Å². The highest BCUT2D eigenvalue weighted by molar-refractivity contribution is 6.18. The molecule has 1 aliphatic rings. The maximum atomic E-state index is 12.6. The summed E-state index contributed by atoms with van der Waals surface area (Å²) in [5.74, 6) is -0.391. The van der Waals surface area contributed by atoms with Gasteiger partial charge in [0.1, 0.15) is 18.1 Å². The third-order valence-electron chi connectivity index (χ3n) is 3.80. The molecule has 0 radical (unpaired) electrons. The van der Waals surface area contributed by atoms with Crippen molar-refractivity contribution in [3.05, 3.63) is 40.5 Å². The van der Waals surface area contributed by atoms with E-state index in [-0.39, 0.29) is 17.5 Å². The number of hydrogen-bond donors (Lipinski definition) is 1. The van der Waals surface area contributed by atoms with Gasteiger partial charge in [-0.05, 0) is 18.9 Å². The summed E-state index contributed by atoms with van der Waals surface area (Å²) in [6.45, 7) is 1.08. The van der Waals surface area contributed by atoms with Gasteiger partial charge >= 0.3 is 5.69 Å². The molecule has 0 saturated carbocycles.